The lowest BCUT2D eigenvalue weighted by atomic mass is 10.0. The van der Waals surface area contributed by atoms with Crippen LogP contribution in [-0.2, 0) is 80.8 Å². The van der Waals surface area contributed by atoms with E-state index in [2.05, 4.69) is 16.1 Å². The van der Waals surface area contributed by atoms with Crippen LogP contribution >= 0.6 is 0 Å². The van der Waals surface area contributed by atoms with Crippen molar-refractivity contribution in [3.63, 3.8) is 0 Å². The first-order chi connectivity index (χ1) is 31.6. The van der Waals surface area contributed by atoms with Gasteiger partial charge in [-0.1, -0.05) is 0 Å². The summed E-state index contributed by atoms with van der Waals surface area (Å²) in [6.45, 7) is 14.8. The van der Waals surface area contributed by atoms with Crippen LogP contribution < -0.4 is 27.6 Å². The molecule has 0 radical (unpaired) electrons. The van der Waals surface area contributed by atoms with Crippen molar-refractivity contribution in [1.29, 1.82) is 0 Å². The number of amides is 3. The molecule has 0 aliphatic rings. The molecule has 0 aromatic rings. The van der Waals surface area contributed by atoms with Crippen LogP contribution in [0.3, 0.4) is 0 Å². The number of ether oxygens (including phenoxy) is 13. The zero-order chi connectivity index (χ0) is 47.7. The van der Waals surface area contributed by atoms with Crippen molar-refractivity contribution in [2.24, 2.45) is 11.5 Å². The Labute approximate surface area is 385 Å². The van der Waals surface area contributed by atoms with Gasteiger partial charge in [-0.2, -0.15) is 5.48 Å². The third kappa shape index (κ3) is 49.0. The molecule has 1 atom stereocenters. The second-order valence-corrected chi connectivity index (χ2v) is 14.8. The number of unbranched alkanes of at least 4 members (excludes halogenated alkanes) is 1. The molecule has 65 heavy (non-hydrogen) atoms. The van der Waals surface area contributed by atoms with Crippen molar-refractivity contribution in [3.05, 3.63) is 0 Å². The van der Waals surface area contributed by atoms with Crippen LogP contribution in [-0.4, -0.2) is 220 Å². The molecule has 384 valence electrons. The summed E-state index contributed by atoms with van der Waals surface area (Å²) < 4.78 is 69.9. The minimum Gasteiger partial charge on any atom is -0.442 e. The normalized spacial score (nSPS) is 12.0. The number of nitrogens with two attached hydrogens (primary N) is 2. The number of ketones is 1. The number of Topliss-reactive ketones (excluding diaryl/α,β-unsaturated/α-hetero) is 1. The van der Waals surface area contributed by atoms with Gasteiger partial charge in [-0.3, -0.25) is 19.2 Å². The molecule has 23 nitrogen and oxygen atoms in total. The van der Waals surface area contributed by atoms with E-state index in [4.69, 9.17) is 77.9 Å². The standard InChI is InChI=1S/C42H83N5O18/c1-42(2,3)65-41(51)47-64-34-33-61-18-15-52-12-6-8-38(48)37(46-40(50)36-63-32-30-60-28-26-58-24-22-56-20-17-54-14-10-44)7-4-5-11-45-39(49)35-62-31-29-59-27-25-57-23-21-55-19-16-53-13-9-43/h37H,4-36,43-44H2,1-3H3,(H,45,49)(H,46,50)(H,47,51)/t37-/m1/s1. The van der Waals surface area contributed by atoms with Crippen LogP contribution in [0.5, 0.6) is 0 Å². The van der Waals surface area contributed by atoms with Crippen molar-refractivity contribution >= 4 is 23.7 Å². The lowest BCUT2D eigenvalue weighted by Crippen LogP contribution is -2.42. The van der Waals surface area contributed by atoms with E-state index in [1.807, 2.05) is 0 Å². The highest BCUT2D eigenvalue weighted by atomic mass is 16.7. The number of carbonyl (C=O) groups is 4. The fraction of sp³-hybridized carbons (Fsp3) is 0.905. The van der Waals surface area contributed by atoms with Crippen LogP contribution in [0.4, 0.5) is 4.79 Å². The minimum atomic E-state index is -0.732. The number of hydroxylamine groups is 1. The summed E-state index contributed by atoms with van der Waals surface area (Å²) in [7, 11) is 0. The Morgan fingerprint density at radius 2 is 0.846 bits per heavy atom. The topological polar surface area (TPSA) is 286 Å². The molecular weight excluding hydrogens is 862 g/mol. The van der Waals surface area contributed by atoms with Gasteiger partial charge in [0.25, 0.3) is 0 Å². The van der Waals surface area contributed by atoms with Crippen molar-refractivity contribution < 1.29 is 85.6 Å². The van der Waals surface area contributed by atoms with E-state index in [0.717, 1.165) is 0 Å². The van der Waals surface area contributed by atoms with Crippen LogP contribution in [0, 0.1) is 0 Å². The van der Waals surface area contributed by atoms with Crippen molar-refractivity contribution in [2.45, 2.75) is 64.5 Å². The quantitative estimate of drug-likeness (QED) is 0.0386. The highest BCUT2D eigenvalue weighted by Gasteiger charge is 2.20. The van der Waals surface area contributed by atoms with Crippen LogP contribution in [0.25, 0.3) is 0 Å². The molecule has 0 fully saturated rings. The van der Waals surface area contributed by atoms with Crippen molar-refractivity contribution in [2.75, 3.05) is 185 Å². The fourth-order valence-electron chi connectivity index (χ4n) is 4.91. The molecule has 23 heteroatoms. The van der Waals surface area contributed by atoms with E-state index in [1.54, 1.807) is 20.8 Å². The lowest BCUT2D eigenvalue weighted by Gasteiger charge is -2.19. The second-order valence-electron chi connectivity index (χ2n) is 14.8. The minimum absolute atomic E-state index is 0.111. The molecule has 0 saturated heterocycles. The fourth-order valence-corrected chi connectivity index (χ4v) is 4.91. The summed E-state index contributed by atoms with van der Waals surface area (Å²) in [5.74, 6) is -0.829. The Bertz CT molecular complexity index is 1110. The summed E-state index contributed by atoms with van der Waals surface area (Å²) in [4.78, 5) is 54.7. The Morgan fingerprint density at radius 3 is 1.28 bits per heavy atom. The molecule has 0 saturated carbocycles. The summed E-state index contributed by atoms with van der Waals surface area (Å²) in [6.07, 6.45) is 1.48. The van der Waals surface area contributed by atoms with Gasteiger partial charge < -0.3 is 83.7 Å². The molecule has 0 aliphatic carbocycles. The van der Waals surface area contributed by atoms with E-state index in [-0.39, 0.29) is 64.4 Å². The van der Waals surface area contributed by atoms with E-state index in [1.165, 1.54) is 0 Å². The van der Waals surface area contributed by atoms with Gasteiger partial charge in [0.2, 0.25) is 11.8 Å². The number of hydrogen-bond donors (Lipinski definition) is 5. The van der Waals surface area contributed by atoms with Crippen LogP contribution in [0.1, 0.15) is 52.9 Å². The summed E-state index contributed by atoms with van der Waals surface area (Å²) >= 11 is 0. The first kappa shape index (κ1) is 62.3. The maximum Gasteiger partial charge on any atom is 0.431 e. The number of hydrogen-bond acceptors (Lipinski definition) is 20. The summed E-state index contributed by atoms with van der Waals surface area (Å²) in [5.41, 5.74) is 12.3. The van der Waals surface area contributed by atoms with E-state index in [9.17, 15) is 19.2 Å². The smallest absolute Gasteiger partial charge is 0.431 e. The number of rotatable bonds is 50. The average Bonchev–Trinajstić information content (AvgIpc) is 3.26. The summed E-state index contributed by atoms with van der Waals surface area (Å²) in [5, 5.41) is 5.60. The first-order valence-electron chi connectivity index (χ1n) is 22.6. The van der Waals surface area contributed by atoms with Gasteiger partial charge in [0.05, 0.1) is 151 Å². The second kappa shape index (κ2) is 47.8. The maximum atomic E-state index is 13.2. The van der Waals surface area contributed by atoms with Gasteiger partial charge in [-0.15, -0.1) is 0 Å². The van der Waals surface area contributed by atoms with Crippen LogP contribution in [0.2, 0.25) is 0 Å². The molecule has 0 aliphatic heterocycles. The molecule has 0 spiro atoms. The van der Waals surface area contributed by atoms with Gasteiger partial charge in [0, 0.05) is 32.7 Å². The first-order valence-corrected chi connectivity index (χ1v) is 22.6. The molecule has 0 aromatic heterocycles. The molecule has 0 bridgehead atoms. The Morgan fingerprint density at radius 1 is 0.462 bits per heavy atom. The summed E-state index contributed by atoms with van der Waals surface area (Å²) in [6, 6.07) is -0.732. The largest absolute Gasteiger partial charge is 0.442 e. The van der Waals surface area contributed by atoms with Crippen molar-refractivity contribution in [1.82, 2.24) is 16.1 Å². The molecule has 7 N–H and O–H groups in total. The molecule has 0 heterocycles. The number of carbonyl (C=O) groups excluding carboxylic acids is 4. The van der Waals surface area contributed by atoms with Gasteiger partial charge in [-0.05, 0) is 46.5 Å². The highest BCUT2D eigenvalue weighted by molar-refractivity contribution is 5.89. The Kier molecular flexibility index (Phi) is 45.8. The molecule has 0 rings (SSSR count). The molecule has 0 unspecified atom stereocenters. The Hall–Kier alpha value is -2.72. The van der Waals surface area contributed by atoms with Gasteiger partial charge in [0.15, 0.2) is 5.78 Å². The predicted octanol–water partition coefficient (Wildman–Crippen LogP) is -0.320. The average molecular weight is 946 g/mol. The van der Waals surface area contributed by atoms with E-state index < -0.39 is 23.6 Å². The zero-order valence-electron chi connectivity index (χ0n) is 39.4. The lowest BCUT2D eigenvalue weighted by molar-refractivity contribution is -0.131. The van der Waals surface area contributed by atoms with Crippen LogP contribution in [0.15, 0.2) is 0 Å². The van der Waals surface area contributed by atoms with Gasteiger partial charge in [0.1, 0.15) is 18.8 Å². The van der Waals surface area contributed by atoms with Gasteiger partial charge in [-0.25, -0.2) is 4.79 Å². The SMILES string of the molecule is CC(C)(C)OC(=O)NOCCOCCOCCCC(=O)[C@@H](CCCCNC(=O)COCCOCCOCCOCCOCCN)NC(=O)COCCOCCOCCOCCOCCN. The molecular formula is C42H83N5O18. The number of nitrogens with one attached hydrogen (secondary N) is 3. The Balaban J connectivity index is 4.33. The monoisotopic (exact) mass is 946 g/mol. The van der Waals surface area contributed by atoms with Crippen molar-refractivity contribution in [3.8, 4) is 0 Å². The third-order valence-corrected chi connectivity index (χ3v) is 7.90. The maximum absolute atomic E-state index is 13.2. The third-order valence-electron chi connectivity index (χ3n) is 7.90. The van der Waals surface area contributed by atoms with E-state index >= 15 is 0 Å². The zero-order valence-corrected chi connectivity index (χ0v) is 39.4. The van der Waals surface area contributed by atoms with Gasteiger partial charge >= 0.3 is 6.09 Å². The molecule has 0 aromatic carbocycles. The highest BCUT2D eigenvalue weighted by Crippen LogP contribution is 2.08. The molecule has 3 amide bonds. The predicted molar refractivity (Wildman–Crippen MR) is 236 cm³/mol. The van der Waals surface area contributed by atoms with E-state index in [0.29, 0.717) is 164 Å².